The Kier molecular flexibility index (Phi) is 3.70. The summed E-state index contributed by atoms with van der Waals surface area (Å²) in [7, 11) is 0. The molecule has 20 heavy (non-hydrogen) atoms. The Hall–Kier alpha value is -1.87. The number of benzene rings is 1. The van der Waals surface area contributed by atoms with Gasteiger partial charge in [-0.25, -0.2) is 0 Å². The Bertz CT molecular complexity index is 594. The summed E-state index contributed by atoms with van der Waals surface area (Å²) in [6.07, 6.45) is 5.57. The van der Waals surface area contributed by atoms with Crippen LogP contribution >= 0.6 is 11.6 Å². The summed E-state index contributed by atoms with van der Waals surface area (Å²) >= 11 is 5.92. The molecule has 0 saturated heterocycles. The molecule has 4 heteroatoms. The zero-order valence-corrected chi connectivity index (χ0v) is 11.7. The minimum Gasteiger partial charge on any atom is -0.345 e. The first-order valence-corrected chi connectivity index (χ1v) is 7.08. The number of pyridine rings is 1. The highest BCUT2D eigenvalue weighted by molar-refractivity contribution is 6.30. The van der Waals surface area contributed by atoms with Gasteiger partial charge >= 0.3 is 0 Å². The molecule has 1 fully saturated rings. The van der Waals surface area contributed by atoms with Gasteiger partial charge in [0.25, 0.3) is 5.91 Å². The molecule has 1 aromatic heterocycles. The molecule has 3 nitrogen and oxygen atoms in total. The molecule has 0 aliphatic heterocycles. The number of rotatable bonds is 4. The lowest BCUT2D eigenvalue weighted by Gasteiger charge is -2.19. The molecule has 102 valence electrons. The van der Waals surface area contributed by atoms with Crippen LogP contribution in [0, 0.1) is 5.92 Å². The van der Waals surface area contributed by atoms with Gasteiger partial charge in [-0.3, -0.25) is 9.78 Å². The molecular weight excluding hydrogens is 272 g/mol. The van der Waals surface area contributed by atoms with Crippen molar-refractivity contribution in [3.63, 3.8) is 0 Å². The van der Waals surface area contributed by atoms with E-state index in [0.29, 0.717) is 16.5 Å². The molecular formula is C16H15ClN2O. The average Bonchev–Trinajstić information content (AvgIpc) is 3.31. The van der Waals surface area contributed by atoms with Gasteiger partial charge in [0.05, 0.1) is 6.04 Å². The normalized spacial score (nSPS) is 15.7. The molecule has 1 aromatic carbocycles. The number of hydrogen-bond donors (Lipinski definition) is 1. The van der Waals surface area contributed by atoms with Gasteiger partial charge in [-0.2, -0.15) is 0 Å². The topological polar surface area (TPSA) is 42.0 Å². The van der Waals surface area contributed by atoms with Crippen molar-refractivity contribution in [2.45, 2.75) is 18.9 Å². The molecule has 1 N–H and O–H groups in total. The summed E-state index contributed by atoms with van der Waals surface area (Å²) < 4.78 is 0. The van der Waals surface area contributed by atoms with Crippen LogP contribution in [-0.4, -0.2) is 10.9 Å². The van der Waals surface area contributed by atoms with E-state index >= 15 is 0 Å². The Morgan fingerprint density at radius 3 is 2.40 bits per heavy atom. The minimum atomic E-state index is -0.0562. The zero-order valence-electron chi connectivity index (χ0n) is 10.9. The third-order valence-electron chi connectivity index (χ3n) is 3.55. The highest BCUT2D eigenvalue weighted by Crippen LogP contribution is 2.41. The van der Waals surface area contributed by atoms with Crippen LogP contribution in [-0.2, 0) is 0 Å². The second-order valence-electron chi connectivity index (χ2n) is 5.08. The number of nitrogens with one attached hydrogen (secondary N) is 1. The smallest absolute Gasteiger partial charge is 0.251 e. The Labute approximate surface area is 123 Å². The number of carbonyl (C=O) groups is 1. The van der Waals surface area contributed by atoms with Gasteiger partial charge in [0.2, 0.25) is 0 Å². The third-order valence-corrected chi connectivity index (χ3v) is 3.80. The monoisotopic (exact) mass is 286 g/mol. The molecule has 0 spiro atoms. The van der Waals surface area contributed by atoms with Crippen LogP contribution in [0.5, 0.6) is 0 Å². The molecule has 0 bridgehead atoms. The predicted molar refractivity (Wildman–Crippen MR) is 78.6 cm³/mol. The van der Waals surface area contributed by atoms with Crippen LogP contribution in [0.2, 0.25) is 5.02 Å². The lowest BCUT2D eigenvalue weighted by molar-refractivity contribution is 0.0931. The number of aromatic nitrogens is 1. The van der Waals surface area contributed by atoms with Crippen LogP contribution in [0.15, 0.2) is 48.8 Å². The number of amides is 1. The lowest BCUT2D eigenvalue weighted by atomic mass is 10.0. The largest absolute Gasteiger partial charge is 0.345 e. The first-order valence-electron chi connectivity index (χ1n) is 6.70. The van der Waals surface area contributed by atoms with Gasteiger partial charge < -0.3 is 5.32 Å². The van der Waals surface area contributed by atoms with E-state index in [1.165, 1.54) is 0 Å². The average molecular weight is 287 g/mol. The van der Waals surface area contributed by atoms with Gasteiger partial charge in [0, 0.05) is 23.0 Å². The summed E-state index contributed by atoms with van der Waals surface area (Å²) in [4.78, 5) is 16.2. The van der Waals surface area contributed by atoms with Gasteiger partial charge in [-0.1, -0.05) is 23.7 Å². The Morgan fingerprint density at radius 2 is 1.80 bits per heavy atom. The third kappa shape index (κ3) is 2.99. The molecule has 1 aliphatic rings. The summed E-state index contributed by atoms with van der Waals surface area (Å²) in [6, 6.07) is 11.2. The van der Waals surface area contributed by atoms with Crippen LogP contribution in [0.4, 0.5) is 0 Å². The molecule has 1 amide bonds. The SMILES string of the molecule is O=C(N[C@@H](c1ccc(Cl)cc1)C1CC1)c1ccncc1. The van der Waals surface area contributed by atoms with Crippen molar-refractivity contribution in [1.29, 1.82) is 0 Å². The molecule has 1 saturated carbocycles. The fourth-order valence-electron chi connectivity index (χ4n) is 2.30. The van der Waals surface area contributed by atoms with E-state index < -0.39 is 0 Å². The summed E-state index contributed by atoms with van der Waals surface area (Å²) in [5.41, 5.74) is 1.75. The van der Waals surface area contributed by atoms with Gasteiger partial charge in [-0.15, -0.1) is 0 Å². The fraction of sp³-hybridized carbons (Fsp3) is 0.250. The number of nitrogens with zero attached hydrogens (tertiary/aromatic N) is 1. The molecule has 1 heterocycles. The van der Waals surface area contributed by atoms with E-state index in [0.717, 1.165) is 18.4 Å². The van der Waals surface area contributed by atoms with Crippen molar-refractivity contribution in [1.82, 2.24) is 10.3 Å². The summed E-state index contributed by atoms with van der Waals surface area (Å²) in [6.45, 7) is 0. The number of hydrogen-bond acceptors (Lipinski definition) is 2. The molecule has 2 aromatic rings. The van der Waals surface area contributed by atoms with E-state index in [4.69, 9.17) is 11.6 Å². The van der Waals surface area contributed by atoms with Crippen LogP contribution in [0.1, 0.15) is 34.8 Å². The zero-order chi connectivity index (χ0) is 13.9. The minimum absolute atomic E-state index is 0.0562. The summed E-state index contributed by atoms with van der Waals surface area (Å²) in [5, 5.41) is 3.83. The van der Waals surface area contributed by atoms with Crippen LogP contribution in [0.3, 0.4) is 0 Å². The predicted octanol–water partition coefficient (Wildman–Crippen LogP) is 3.62. The highest BCUT2D eigenvalue weighted by atomic mass is 35.5. The van der Waals surface area contributed by atoms with Crippen molar-refractivity contribution in [2.24, 2.45) is 5.92 Å². The van der Waals surface area contributed by atoms with Gasteiger partial charge in [0.1, 0.15) is 0 Å². The Balaban J connectivity index is 1.78. The molecule has 0 unspecified atom stereocenters. The first kappa shape index (κ1) is 13.1. The second-order valence-corrected chi connectivity index (χ2v) is 5.51. The van der Waals surface area contributed by atoms with Gasteiger partial charge in [0.15, 0.2) is 0 Å². The first-order chi connectivity index (χ1) is 9.74. The highest BCUT2D eigenvalue weighted by Gasteiger charge is 2.33. The second kappa shape index (κ2) is 5.63. The van der Waals surface area contributed by atoms with E-state index in [1.807, 2.05) is 24.3 Å². The van der Waals surface area contributed by atoms with Crippen LogP contribution in [0.25, 0.3) is 0 Å². The quantitative estimate of drug-likeness (QED) is 0.933. The van der Waals surface area contributed by atoms with Crippen LogP contribution < -0.4 is 5.32 Å². The van der Waals surface area contributed by atoms with Crippen molar-refractivity contribution in [3.8, 4) is 0 Å². The lowest BCUT2D eigenvalue weighted by Crippen LogP contribution is -2.29. The van der Waals surface area contributed by atoms with Crippen molar-refractivity contribution < 1.29 is 4.79 Å². The number of halogens is 1. The van der Waals surface area contributed by atoms with E-state index in [9.17, 15) is 4.79 Å². The standard InChI is InChI=1S/C16H15ClN2O/c17-14-5-3-12(4-6-14)15(11-1-2-11)19-16(20)13-7-9-18-10-8-13/h3-11,15H,1-2H2,(H,19,20)/t15-/m1/s1. The van der Waals surface area contributed by atoms with Crippen molar-refractivity contribution in [3.05, 3.63) is 64.9 Å². The fourth-order valence-corrected chi connectivity index (χ4v) is 2.43. The molecule has 3 rings (SSSR count). The van der Waals surface area contributed by atoms with Crippen molar-refractivity contribution >= 4 is 17.5 Å². The molecule has 1 atom stereocenters. The summed E-state index contributed by atoms with van der Waals surface area (Å²) in [5.74, 6) is 0.473. The van der Waals surface area contributed by atoms with E-state index in [1.54, 1.807) is 24.5 Å². The Morgan fingerprint density at radius 1 is 1.15 bits per heavy atom. The van der Waals surface area contributed by atoms with E-state index in [2.05, 4.69) is 10.3 Å². The van der Waals surface area contributed by atoms with Gasteiger partial charge in [-0.05, 0) is 48.6 Å². The van der Waals surface area contributed by atoms with E-state index in [-0.39, 0.29) is 11.9 Å². The maximum Gasteiger partial charge on any atom is 0.251 e. The maximum absolute atomic E-state index is 12.3. The molecule has 1 aliphatic carbocycles. The van der Waals surface area contributed by atoms with Crippen molar-refractivity contribution in [2.75, 3.05) is 0 Å². The maximum atomic E-state index is 12.3. The molecule has 0 radical (unpaired) electrons. The number of carbonyl (C=O) groups excluding carboxylic acids is 1.